The standard InChI is InChI=1S/C15H28N2/c1-6-16-10-15-7-8-17(14(15)5)11-13(4)9-12(2)3/h7-8,12-13,16H,6,9-11H2,1-5H3. The quantitative estimate of drug-likeness (QED) is 0.765. The second-order valence-corrected chi connectivity index (χ2v) is 5.59. The van der Waals surface area contributed by atoms with Gasteiger partial charge in [-0.1, -0.05) is 27.7 Å². The number of hydrogen-bond acceptors (Lipinski definition) is 1. The van der Waals surface area contributed by atoms with Crippen molar-refractivity contribution in [3.63, 3.8) is 0 Å². The van der Waals surface area contributed by atoms with Gasteiger partial charge in [-0.2, -0.15) is 0 Å². The molecule has 0 saturated heterocycles. The van der Waals surface area contributed by atoms with Gasteiger partial charge in [-0.15, -0.1) is 0 Å². The summed E-state index contributed by atoms with van der Waals surface area (Å²) in [4.78, 5) is 0. The first kappa shape index (κ1) is 14.3. The molecule has 1 N–H and O–H groups in total. The van der Waals surface area contributed by atoms with Crippen molar-refractivity contribution in [2.45, 2.75) is 54.1 Å². The van der Waals surface area contributed by atoms with Crippen molar-refractivity contribution in [2.75, 3.05) is 6.54 Å². The van der Waals surface area contributed by atoms with Crippen molar-refractivity contribution < 1.29 is 0 Å². The van der Waals surface area contributed by atoms with Crippen LogP contribution in [0.15, 0.2) is 12.3 Å². The van der Waals surface area contributed by atoms with E-state index in [1.54, 1.807) is 0 Å². The van der Waals surface area contributed by atoms with Crippen LogP contribution in [0, 0.1) is 18.8 Å². The van der Waals surface area contributed by atoms with Crippen LogP contribution in [0.1, 0.15) is 45.4 Å². The van der Waals surface area contributed by atoms with E-state index in [0.29, 0.717) is 0 Å². The third kappa shape index (κ3) is 4.55. The number of nitrogens with zero attached hydrogens (tertiary/aromatic N) is 1. The Morgan fingerprint density at radius 2 is 2.00 bits per heavy atom. The second-order valence-electron chi connectivity index (χ2n) is 5.59. The van der Waals surface area contributed by atoms with E-state index in [1.807, 2.05) is 0 Å². The Kier molecular flexibility index (Phi) is 5.76. The molecule has 0 aromatic carbocycles. The highest BCUT2D eigenvalue weighted by atomic mass is 15.0. The summed E-state index contributed by atoms with van der Waals surface area (Å²) in [6, 6.07) is 2.25. The van der Waals surface area contributed by atoms with Crippen LogP contribution in [0.4, 0.5) is 0 Å². The number of nitrogens with one attached hydrogen (secondary N) is 1. The van der Waals surface area contributed by atoms with Crippen molar-refractivity contribution in [1.29, 1.82) is 0 Å². The van der Waals surface area contributed by atoms with Crippen LogP contribution < -0.4 is 5.32 Å². The van der Waals surface area contributed by atoms with Gasteiger partial charge in [0.25, 0.3) is 0 Å². The van der Waals surface area contributed by atoms with E-state index in [2.05, 4.69) is 56.8 Å². The summed E-state index contributed by atoms with van der Waals surface area (Å²) < 4.78 is 2.40. The molecule has 2 heteroatoms. The van der Waals surface area contributed by atoms with Gasteiger partial charge in [0.15, 0.2) is 0 Å². The summed E-state index contributed by atoms with van der Waals surface area (Å²) in [6.45, 7) is 14.5. The molecule has 1 rings (SSSR count). The van der Waals surface area contributed by atoms with Crippen LogP contribution in [0.3, 0.4) is 0 Å². The summed E-state index contributed by atoms with van der Waals surface area (Å²) in [5.74, 6) is 1.55. The van der Waals surface area contributed by atoms with Gasteiger partial charge in [-0.05, 0) is 43.4 Å². The number of aromatic nitrogens is 1. The monoisotopic (exact) mass is 236 g/mol. The molecule has 0 aliphatic rings. The zero-order valence-electron chi connectivity index (χ0n) is 12.1. The lowest BCUT2D eigenvalue weighted by atomic mass is 9.99. The maximum absolute atomic E-state index is 3.39. The Morgan fingerprint density at radius 1 is 1.29 bits per heavy atom. The van der Waals surface area contributed by atoms with E-state index in [0.717, 1.165) is 31.5 Å². The number of hydrogen-bond donors (Lipinski definition) is 1. The smallest absolute Gasteiger partial charge is 0.0248 e. The zero-order chi connectivity index (χ0) is 12.8. The molecule has 0 bridgehead atoms. The molecule has 1 atom stereocenters. The molecule has 0 saturated carbocycles. The Labute approximate surface area is 106 Å². The van der Waals surface area contributed by atoms with Gasteiger partial charge in [0.05, 0.1) is 0 Å². The van der Waals surface area contributed by atoms with E-state index in [4.69, 9.17) is 0 Å². The van der Waals surface area contributed by atoms with Gasteiger partial charge in [0.2, 0.25) is 0 Å². The Hall–Kier alpha value is -0.760. The molecule has 1 aromatic rings. The molecule has 0 spiro atoms. The molecule has 0 amide bonds. The van der Waals surface area contributed by atoms with Crippen molar-refractivity contribution in [3.8, 4) is 0 Å². The van der Waals surface area contributed by atoms with Crippen LogP contribution in [-0.2, 0) is 13.1 Å². The molecule has 1 heterocycles. The van der Waals surface area contributed by atoms with Crippen LogP contribution in [0.25, 0.3) is 0 Å². The largest absolute Gasteiger partial charge is 0.351 e. The molecule has 1 aromatic heterocycles. The molecule has 0 aliphatic heterocycles. The Morgan fingerprint density at radius 3 is 2.59 bits per heavy atom. The molecule has 0 radical (unpaired) electrons. The maximum atomic E-state index is 3.39. The first-order valence-electron chi connectivity index (χ1n) is 6.89. The van der Waals surface area contributed by atoms with E-state index in [9.17, 15) is 0 Å². The number of rotatable bonds is 7. The summed E-state index contributed by atoms with van der Waals surface area (Å²) in [6.07, 6.45) is 3.54. The van der Waals surface area contributed by atoms with Crippen LogP contribution in [-0.4, -0.2) is 11.1 Å². The Bertz CT molecular complexity index is 326. The highest BCUT2D eigenvalue weighted by Gasteiger charge is 2.09. The molecule has 98 valence electrons. The van der Waals surface area contributed by atoms with Gasteiger partial charge in [-0.25, -0.2) is 0 Å². The predicted octanol–water partition coefficient (Wildman–Crippen LogP) is 3.59. The van der Waals surface area contributed by atoms with E-state index in [-0.39, 0.29) is 0 Å². The van der Waals surface area contributed by atoms with Crippen molar-refractivity contribution in [3.05, 3.63) is 23.5 Å². The van der Waals surface area contributed by atoms with E-state index < -0.39 is 0 Å². The topological polar surface area (TPSA) is 17.0 Å². The summed E-state index contributed by atoms with van der Waals surface area (Å²) in [5.41, 5.74) is 2.85. The Balaban J connectivity index is 2.56. The minimum atomic E-state index is 0.757. The van der Waals surface area contributed by atoms with Gasteiger partial charge in [0.1, 0.15) is 0 Å². The van der Waals surface area contributed by atoms with Crippen molar-refractivity contribution >= 4 is 0 Å². The SMILES string of the molecule is CCNCc1ccn(CC(C)CC(C)C)c1C. The van der Waals surface area contributed by atoms with Gasteiger partial charge >= 0.3 is 0 Å². The molecular formula is C15H28N2. The normalized spacial score (nSPS) is 13.3. The van der Waals surface area contributed by atoms with E-state index >= 15 is 0 Å². The average Bonchev–Trinajstić information content (AvgIpc) is 2.57. The zero-order valence-corrected chi connectivity index (χ0v) is 12.1. The first-order chi connectivity index (χ1) is 8.04. The minimum Gasteiger partial charge on any atom is -0.351 e. The van der Waals surface area contributed by atoms with Gasteiger partial charge in [-0.3, -0.25) is 0 Å². The van der Waals surface area contributed by atoms with Crippen LogP contribution in [0.2, 0.25) is 0 Å². The molecule has 0 aliphatic carbocycles. The van der Waals surface area contributed by atoms with Gasteiger partial charge < -0.3 is 9.88 Å². The fourth-order valence-corrected chi connectivity index (χ4v) is 2.46. The third-order valence-corrected chi connectivity index (χ3v) is 3.30. The van der Waals surface area contributed by atoms with Crippen LogP contribution >= 0.6 is 0 Å². The molecule has 2 nitrogen and oxygen atoms in total. The summed E-state index contributed by atoms with van der Waals surface area (Å²) in [5, 5.41) is 3.39. The van der Waals surface area contributed by atoms with Crippen molar-refractivity contribution in [1.82, 2.24) is 9.88 Å². The molecule has 0 fully saturated rings. The lowest BCUT2D eigenvalue weighted by molar-refractivity contribution is 0.387. The fourth-order valence-electron chi connectivity index (χ4n) is 2.46. The molecule has 1 unspecified atom stereocenters. The highest BCUT2D eigenvalue weighted by Crippen LogP contribution is 2.17. The lowest BCUT2D eigenvalue weighted by Gasteiger charge is -2.16. The lowest BCUT2D eigenvalue weighted by Crippen LogP contribution is -2.14. The summed E-state index contributed by atoms with van der Waals surface area (Å²) >= 11 is 0. The van der Waals surface area contributed by atoms with Crippen molar-refractivity contribution in [2.24, 2.45) is 11.8 Å². The first-order valence-corrected chi connectivity index (χ1v) is 6.89. The second kappa shape index (κ2) is 6.85. The molecular weight excluding hydrogens is 208 g/mol. The maximum Gasteiger partial charge on any atom is 0.0248 e. The van der Waals surface area contributed by atoms with Gasteiger partial charge in [0, 0.05) is 25.0 Å². The summed E-state index contributed by atoms with van der Waals surface area (Å²) in [7, 11) is 0. The van der Waals surface area contributed by atoms with E-state index in [1.165, 1.54) is 17.7 Å². The highest BCUT2D eigenvalue weighted by molar-refractivity contribution is 5.20. The third-order valence-electron chi connectivity index (χ3n) is 3.30. The fraction of sp³-hybridized carbons (Fsp3) is 0.733. The predicted molar refractivity (Wildman–Crippen MR) is 75.2 cm³/mol. The van der Waals surface area contributed by atoms with Crippen LogP contribution in [0.5, 0.6) is 0 Å². The average molecular weight is 236 g/mol. The molecule has 17 heavy (non-hydrogen) atoms. The minimum absolute atomic E-state index is 0.757.